The lowest BCUT2D eigenvalue weighted by Gasteiger charge is -2.43. The van der Waals surface area contributed by atoms with Crippen molar-refractivity contribution in [2.45, 2.75) is 25.7 Å². The van der Waals surface area contributed by atoms with E-state index >= 15 is 0 Å². The summed E-state index contributed by atoms with van der Waals surface area (Å²) >= 11 is 0. The summed E-state index contributed by atoms with van der Waals surface area (Å²) in [5.41, 5.74) is 0.734. The SMILES string of the molecule is CN1CCC2(CCNCC2)CC1.CN1CCN(C)CC1. The molecule has 0 amide bonds. The van der Waals surface area contributed by atoms with Crippen LogP contribution in [0.2, 0.25) is 0 Å². The number of rotatable bonds is 0. The summed E-state index contributed by atoms with van der Waals surface area (Å²) in [5, 5.41) is 3.45. The fourth-order valence-corrected chi connectivity index (χ4v) is 3.46. The highest BCUT2D eigenvalue weighted by atomic mass is 15.2. The molecule has 1 spiro atoms. The van der Waals surface area contributed by atoms with Crippen molar-refractivity contribution in [1.82, 2.24) is 20.0 Å². The van der Waals surface area contributed by atoms with Gasteiger partial charge in [0.25, 0.3) is 0 Å². The number of nitrogens with zero attached hydrogens (tertiary/aromatic N) is 3. The zero-order valence-corrected chi connectivity index (χ0v) is 13.8. The summed E-state index contributed by atoms with van der Waals surface area (Å²) in [4.78, 5) is 7.19. The zero-order valence-electron chi connectivity index (χ0n) is 13.8. The first kappa shape index (κ1) is 16.2. The van der Waals surface area contributed by atoms with Gasteiger partial charge in [-0.3, -0.25) is 0 Å². The highest BCUT2D eigenvalue weighted by molar-refractivity contribution is 4.88. The van der Waals surface area contributed by atoms with Crippen molar-refractivity contribution in [3.63, 3.8) is 0 Å². The number of likely N-dealkylation sites (tertiary alicyclic amines) is 1. The van der Waals surface area contributed by atoms with Gasteiger partial charge < -0.3 is 20.0 Å². The quantitative estimate of drug-likeness (QED) is 0.714. The summed E-state index contributed by atoms with van der Waals surface area (Å²) < 4.78 is 0. The third-order valence-corrected chi connectivity index (χ3v) is 5.44. The molecule has 3 aliphatic rings. The summed E-state index contributed by atoms with van der Waals surface area (Å²) in [6, 6.07) is 0. The third-order valence-electron chi connectivity index (χ3n) is 5.44. The molecule has 3 heterocycles. The molecule has 4 heteroatoms. The van der Waals surface area contributed by atoms with E-state index in [1.165, 1.54) is 78.0 Å². The average molecular weight is 282 g/mol. The van der Waals surface area contributed by atoms with E-state index in [4.69, 9.17) is 0 Å². The number of likely N-dealkylation sites (N-methyl/N-ethyl adjacent to an activating group) is 2. The summed E-state index contributed by atoms with van der Waals surface area (Å²) in [6.45, 7) is 10.1. The fraction of sp³-hybridized carbons (Fsp3) is 1.00. The Morgan fingerprint density at radius 1 is 0.600 bits per heavy atom. The van der Waals surface area contributed by atoms with Crippen molar-refractivity contribution in [3.8, 4) is 0 Å². The first-order chi connectivity index (χ1) is 9.60. The molecule has 3 aliphatic heterocycles. The van der Waals surface area contributed by atoms with Gasteiger partial charge in [-0.2, -0.15) is 0 Å². The maximum absolute atomic E-state index is 3.45. The predicted molar refractivity (Wildman–Crippen MR) is 86.3 cm³/mol. The van der Waals surface area contributed by atoms with Gasteiger partial charge in [-0.05, 0) is 78.4 Å². The van der Waals surface area contributed by atoms with E-state index in [1.54, 1.807) is 0 Å². The van der Waals surface area contributed by atoms with E-state index in [-0.39, 0.29) is 0 Å². The first-order valence-electron chi connectivity index (χ1n) is 8.36. The van der Waals surface area contributed by atoms with Crippen LogP contribution in [0.4, 0.5) is 0 Å². The van der Waals surface area contributed by atoms with Crippen LogP contribution in [0.5, 0.6) is 0 Å². The van der Waals surface area contributed by atoms with Crippen LogP contribution in [0.15, 0.2) is 0 Å². The molecule has 0 saturated carbocycles. The topological polar surface area (TPSA) is 21.8 Å². The Morgan fingerprint density at radius 3 is 1.45 bits per heavy atom. The molecule has 20 heavy (non-hydrogen) atoms. The average Bonchev–Trinajstić information content (AvgIpc) is 2.47. The third kappa shape index (κ3) is 4.99. The fourth-order valence-electron chi connectivity index (χ4n) is 3.46. The summed E-state index contributed by atoms with van der Waals surface area (Å²) in [7, 11) is 6.59. The Labute approximate surface area is 125 Å². The van der Waals surface area contributed by atoms with E-state index in [0.717, 1.165) is 5.41 Å². The van der Waals surface area contributed by atoms with Gasteiger partial charge in [-0.15, -0.1) is 0 Å². The largest absolute Gasteiger partial charge is 0.317 e. The van der Waals surface area contributed by atoms with Crippen LogP contribution >= 0.6 is 0 Å². The second-order valence-corrected chi connectivity index (χ2v) is 7.16. The van der Waals surface area contributed by atoms with Crippen LogP contribution in [0, 0.1) is 5.41 Å². The van der Waals surface area contributed by atoms with E-state index in [2.05, 4.69) is 41.2 Å². The van der Waals surface area contributed by atoms with E-state index in [1.807, 2.05) is 0 Å². The van der Waals surface area contributed by atoms with Crippen LogP contribution in [-0.4, -0.2) is 88.2 Å². The lowest BCUT2D eigenvalue weighted by atomic mass is 9.72. The lowest BCUT2D eigenvalue weighted by molar-refractivity contribution is 0.0876. The number of nitrogens with one attached hydrogen (secondary N) is 1. The molecule has 0 aliphatic carbocycles. The molecule has 3 saturated heterocycles. The highest BCUT2D eigenvalue weighted by Crippen LogP contribution is 2.38. The zero-order chi connectivity index (χ0) is 14.4. The maximum atomic E-state index is 3.45. The van der Waals surface area contributed by atoms with Crippen LogP contribution < -0.4 is 5.32 Å². The van der Waals surface area contributed by atoms with E-state index in [9.17, 15) is 0 Å². The van der Waals surface area contributed by atoms with Gasteiger partial charge in [0.1, 0.15) is 0 Å². The normalized spacial score (nSPS) is 28.9. The summed E-state index contributed by atoms with van der Waals surface area (Å²) in [6.07, 6.45) is 5.71. The van der Waals surface area contributed by atoms with E-state index < -0.39 is 0 Å². The highest BCUT2D eigenvalue weighted by Gasteiger charge is 2.34. The van der Waals surface area contributed by atoms with Gasteiger partial charge in [0.15, 0.2) is 0 Å². The van der Waals surface area contributed by atoms with Crippen molar-refractivity contribution in [2.24, 2.45) is 5.41 Å². The Bertz CT molecular complexity index is 248. The summed E-state index contributed by atoms with van der Waals surface area (Å²) in [5.74, 6) is 0. The Hall–Kier alpha value is -0.160. The van der Waals surface area contributed by atoms with E-state index in [0.29, 0.717) is 0 Å². The van der Waals surface area contributed by atoms with Crippen LogP contribution in [-0.2, 0) is 0 Å². The Morgan fingerprint density at radius 2 is 1.00 bits per heavy atom. The van der Waals surface area contributed by atoms with Crippen LogP contribution in [0.25, 0.3) is 0 Å². The second-order valence-electron chi connectivity index (χ2n) is 7.16. The predicted octanol–water partition coefficient (Wildman–Crippen LogP) is 0.945. The van der Waals surface area contributed by atoms with Crippen LogP contribution in [0.1, 0.15) is 25.7 Å². The van der Waals surface area contributed by atoms with Crippen molar-refractivity contribution in [2.75, 3.05) is 73.5 Å². The number of hydrogen-bond acceptors (Lipinski definition) is 4. The van der Waals surface area contributed by atoms with Gasteiger partial charge >= 0.3 is 0 Å². The molecule has 0 aromatic rings. The number of hydrogen-bond donors (Lipinski definition) is 1. The molecule has 0 radical (unpaired) electrons. The van der Waals surface area contributed by atoms with Crippen molar-refractivity contribution in [3.05, 3.63) is 0 Å². The van der Waals surface area contributed by atoms with Crippen molar-refractivity contribution < 1.29 is 0 Å². The molecular formula is C16H34N4. The van der Waals surface area contributed by atoms with Crippen molar-refractivity contribution in [1.29, 1.82) is 0 Å². The second kappa shape index (κ2) is 7.74. The maximum Gasteiger partial charge on any atom is 0.0107 e. The molecular weight excluding hydrogens is 248 g/mol. The van der Waals surface area contributed by atoms with Gasteiger partial charge in [0, 0.05) is 26.2 Å². The Balaban J connectivity index is 0.000000160. The first-order valence-corrected chi connectivity index (χ1v) is 8.36. The number of piperazine rings is 1. The molecule has 0 aromatic heterocycles. The molecule has 3 fully saturated rings. The van der Waals surface area contributed by atoms with Crippen molar-refractivity contribution >= 4 is 0 Å². The minimum atomic E-state index is 0.734. The molecule has 118 valence electrons. The lowest BCUT2D eigenvalue weighted by Crippen LogP contribution is -2.44. The minimum absolute atomic E-state index is 0.734. The van der Waals surface area contributed by atoms with Gasteiger partial charge in [-0.25, -0.2) is 0 Å². The van der Waals surface area contributed by atoms with Gasteiger partial charge in [-0.1, -0.05) is 0 Å². The molecule has 1 N–H and O–H groups in total. The van der Waals surface area contributed by atoms with Crippen LogP contribution in [0.3, 0.4) is 0 Å². The Kier molecular flexibility index (Phi) is 6.27. The standard InChI is InChI=1S/C10H20N2.C6H14N2/c1-12-8-4-10(5-9-12)2-6-11-7-3-10;1-7-3-5-8(2)6-4-7/h11H,2-9H2,1H3;3-6H2,1-2H3. The number of piperidine rings is 2. The molecule has 3 rings (SSSR count). The molecule has 0 bridgehead atoms. The monoisotopic (exact) mass is 282 g/mol. The van der Waals surface area contributed by atoms with Gasteiger partial charge in [0.05, 0.1) is 0 Å². The molecule has 0 unspecified atom stereocenters. The minimum Gasteiger partial charge on any atom is -0.317 e. The molecule has 4 nitrogen and oxygen atoms in total. The molecule has 0 aromatic carbocycles. The van der Waals surface area contributed by atoms with Gasteiger partial charge in [0.2, 0.25) is 0 Å². The molecule has 0 atom stereocenters. The smallest absolute Gasteiger partial charge is 0.0107 e.